The van der Waals surface area contributed by atoms with E-state index in [9.17, 15) is 14.4 Å². The van der Waals surface area contributed by atoms with Crippen LogP contribution in [0.25, 0.3) is 0 Å². The van der Waals surface area contributed by atoms with Gasteiger partial charge in [-0.1, -0.05) is 6.92 Å². The number of hydrogen-bond donors (Lipinski definition) is 3. The highest BCUT2D eigenvalue weighted by molar-refractivity contribution is 6.13. The van der Waals surface area contributed by atoms with Crippen molar-refractivity contribution in [2.45, 2.75) is 13.3 Å². The first-order valence-corrected chi connectivity index (χ1v) is 5.83. The molecule has 0 aromatic rings. The van der Waals surface area contributed by atoms with Gasteiger partial charge >= 0.3 is 18.3 Å². The molecule has 3 amide bonds. The average Bonchev–Trinajstić information content (AvgIpc) is 2.53. The van der Waals surface area contributed by atoms with Gasteiger partial charge in [-0.05, 0) is 6.42 Å². The van der Waals surface area contributed by atoms with Gasteiger partial charge in [-0.25, -0.2) is 14.4 Å². The molecule has 0 saturated carbocycles. The van der Waals surface area contributed by atoms with Gasteiger partial charge in [-0.15, -0.1) is 0 Å². The molecular weight excluding hydrogens is 279 g/mol. The first-order valence-electron chi connectivity index (χ1n) is 5.83. The van der Waals surface area contributed by atoms with Crippen LogP contribution in [0, 0.1) is 5.41 Å². The van der Waals surface area contributed by atoms with Gasteiger partial charge in [0.2, 0.25) is 23.9 Å². The standard InChI is InChI=1S/C9H14B3N3O6/c1-2-9(3-19-6(16)13-10,4-20-7(17)14-11)5-21-8(18)15-12/h2-5H2,1H3,(H,13,16)(H,14,17)(H,15,18). The summed E-state index contributed by atoms with van der Waals surface area (Å²) in [7, 11) is 14.6. The molecule has 0 fully saturated rings. The zero-order valence-electron chi connectivity index (χ0n) is 11.5. The maximum atomic E-state index is 11.0. The fourth-order valence-electron chi connectivity index (χ4n) is 1.21. The normalized spacial score (nSPS) is 10.1. The summed E-state index contributed by atoms with van der Waals surface area (Å²) in [4.78, 5) is 33.1. The van der Waals surface area contributed by atoms with Gasteiger partial charge in [0.25, 0.3) is 0 Å². The molecule has 9 nitrogen and oxygen atoms in total. The van der Waals surface area contributed by atoms with Crippen LogP contribution in [0.3, 0.4) is 0 Å². The first-order chi connectivity index (χ1) is 9.92. The molecule has 0 aromatic heterocycles. The molecule has 0 saturated heterocycles. The van der Waals surface area contributed by atoms with Gasteiger partial charge in [0.1, 0.15) is 19.8 Å². The lowest BCUT2D eigenvalue weighted by Crippen LogP contribution is -2.42. The van der Waals surface area contributed by atoms with E-state index in [0.29, 0.717) is 6.42 Å². The number of nitrogens with one attached hydrogen (secondary N) is 3. The Balaban J connectivity index is 4.76. The van der Waals surface area contributed by atoms with E-state index in [1.54, 1.807) is 22.6 Å². The number of rotatable bonds is 7. The second-order valence-electron chi connectivity index (χ2n) is 4.01. The third-order valence-electron chi connectivity index (χ3n) is 2.63. The summed E-state index contributed by atoms with van der Waals surface area (Å²) < 4.78 is 14.5. The fraction of sp³-hybridized carbons (Fsp3) is 0.667. The number of ether oxygens (including phenoxy) is 3. The minimum absolute atomic E-state index is 0.220. The molecular formula is C9H14B3N3O6. The largest absolute Gasteiger partial charge is 0.450 e. The molecule has 110 valence electrons. The Bertz CT molecular complexity index is 320. The Morgan fingerprint density at radius 2 is 1.10 bits per heavy atom. The lowest BCUT2D eigenvalue weighted by Gasteiger charge is -2.30. The van der Waals surface area contributed by atoms with Gasteiger partial charge in [0.15, 0.2) is 0 Å². The summed E-state index contributed by atoms with van der Waals surface area (Å²) in [6.45, 7) is 1.06. The predicted octanol–water partition coefficient (Wildman–Crippen LogP) is -1.19. The molecule has 0 atom stereocenters. The maximum Gasteiger partial charge on any atom is 0.394 e. The fourth-order valence-corrected chi connectivity index (χ4v) is 1.21. The molecule has 0 heterocycles. The zero-order chi connectivity index (χ0) is 16.3. The highest BCUT2D eigenvalue weighted by Crippen LogP contribution is 2.24. The minimum Gasteiger partial charge on any atom is -0.450 e. The monoisotopic (exact) mass is 293 g/mol. The number of hydrogen-bond acceptors (Lipinski definition) is 6. The molecule has 0 aliphatic carbocycles. The second kappa shape index (κ2) is 9.84. The van der Waals surface area contributed by atoms with Crippen molar-refractivity contribution < 1.29 is 28.6 Å². The van der Waals surface area contributed by atoms with Crippen molar-refractivity contribution in [3.05, 3.63) is 0 Å². The molecule has 0 aliphatic heterocycles. The summed E-state index contributed by atoms with van der Waals surface area (Å²) in [6, 6.07) is 0. The molecule has 12 heteroatoms. The topological polar surface area (TPSA) is 115 Å². The first kappa shape index (κ1) is 19.0. The van der Waals surface area contributed by atoms with Crippen molar-refractivity contribution in [3.8, 4) is 0 Å². The molecule has 21 heavy (non-hydrogen) atoms. The van der Waals surface area contributed by atoms with Crippen LogP contribution in [0.4, 0.5) is 14.4 Å². The van der Waals surface area contributed by atoms with Crippen LogP contribution >= 0.6 is 0 Å². The maximum absolute atomic E-state index is 11.0. The SMILES string of the molecule is [B]NC(=O)OCC(CC)(COC(=O)N[B])COC(=O)N[B]. The second-order valence-corrected chi connectivity index (χ2v) is 4.01. The molecule has 0 rings (SSSR count). The van der Waals surface area contributed by atoms with Crippen LogP contribution in [0.15, 0.2) is 0 Å². The van der Waals surface area contributed by atoms with Crippen molar-refractivity contribution >= 4 is 42.2 Å². The Morgan fingerprint density at radius 1 is 0.810 bits per heavy atom. The van der Waals surface area contributed by atoms with E-state index in [1.807, 2.05) is 0 Å². The van der Waals surface area contributed by atoms with Crippen molar-refractivity contribution in [3.63, 3.8) is 0 Å². The summed E-state index contributed by atoms with van der Waals surface area (Å²) in [5, 5.41) is 5.32. The van der Waals surface area contributed by atoms with E-state index in [0.717, 1.165) is 0 Å². The van der Waals surface area contributed by atoms with Crippen molar-refractivity contribution in [2.24, 2.45) is 5.41 Å². The van der Waals surface area contributed by atoms with Crippen LogP contribution in [0.2, 0.25) is 0 Å². The highest BCUT2D eigenvalue weighted by atomic mass is 16.6. The average molecular weight is 293 g/mol. The smallest absolute Gasteiger partial charge is 0.394 e. The summed E-state index contributed by atoms with van der Waals surface area (Å²) in [6.07, 6.45) is -2.32. The van der Waals surface area contributed by atoms with Crippen LogP contribution in [0.5, 0.6) is 0 Å². The molecule has 6 radical (unpaired) electrons. The molecule has 0 aliphatic rings. The van der Waals surface area contributed by atoms with Gasteiger partial charge < -0.3 is 29.9 Å². The highest BCUT2D eigenvalue weighted by Gasteiger charge is 2.34. The number of carbonyl (C=O) groups excluding carboxylic acids is 3. The lowest BCUT2D eigenvalue weighted by molar-refractivity contribution is -0.0148. The van der Waals surface area contributed by atoms with E-state index in [2.05, 4.69) is 0 Å². The van der Waals surface area contributed by atoms with E-state index in [-0.39, 0.29) is 19.8 Å². The van der Waals surface area contributed by atoms with Crippen molar-refractivity contribution in [1.82, 2.24) is 15.7 Å². The van der Waals surface area contributed by atoms with Crippen molar-refractivity contribution in [2.75, 3.05) is 19.8 Å². The Hall–Kier alpha value is -2.00. The van der Waals surface area contributed by atoms with Crippen LogP contribution in [0.1, 0.15) is 13.3 Å². The number of amides is 3. The van der Waals surface area contributed by atoms with Gasteiger partial charge in [0, 0.05) is 0 Å². The third kappa shape index (κ3) is 7.38. The van der Waals surface area contributed by atoms with Gasteiger partial charge in [0.05, 0.1) is 5.41 Å². The Kier molecular flexibility index (Phi) is 8.90. The Morgan fingerprint density at radius 3 is 1.29 bits per heavy atom. The van der Waals surface area contributed by atoms with E-state index in [4.69, 9.17) is 38.2 Å². The quantitative estimate of drug-likeness (QED) is 0.401. The molecule has 0 bridgehead atoms. The Labute approximate surface area is 126 Å². The lowest BCUT2D eigenvalue weighted by atomic mass is 9.88. The van der Waals surface area contributed by atoms with E-state index in [1.165, 1.54) is 0 Å². The summed E-state index contributed by atoms with van der Waals surface area (Å²) >= 11 is 0. The summed E-state index contributed by atoms with van der Waals surface area (Å²) in [5.41, 5.74) is -0.981. The van der Waals surface area contributed by atoms with E-state index >= 15 is 0 Å². The zero-order valence-corrected chi connectivity index (χ0v) is 11.5. The van der Waals surface area contributed by atoms with Crippen LogP contribution in [-0.4, -0.2) is 62.0 Å². The predicted molar refractivity (Wildman–Crippen MR) is 73.4 cm³/mol. The molecule has 0 unspecified atom stereocenters. The molecule has 0 aromatic carbocycles. The van der Waals surface area contributed by atoms with E-state index < -0.39 is 23.7 Å². The molecule has 3 N–H and O–H groups in total. The van der Waals surface area contributed by atoms with Crippen LogP contribution in [-0.2, 0) is 14.2 Å². The minimum atomic E-state index is -0.981. The van der Waals surface area contributed by atoms with Gasteiger partial charge in [-0.3, -0.25) is 0 Å². The van der Waals surface area contributed by atoms with Crippen LogP contribution < -0.4 is 15.7 Å². The summed E-state index contributed by atoms with van der Waals surface area (Å²) in [5.74, 6) is 0. The third-order valence-corrected chi connectivity index (χ3v) is 2.63. The molecule has 0 spiro atoms. The number of carbonyl (C=O) groups is 3. The van der Waals surface area contributed by atoms with Crippen molar-refractivity contribution in [1.29, 1.82) is 0 Å². The van der Waals surface area contributed by atoms with Gasteiger partial charge in [-0.2, -0.15) is 0 Å².